The lowest BCUT2D eigenvalue weighted by molar-refractivity contribution is -0.120. The van der Waals surface area contributed by atoms with E-state index in [0.29, 0.717) is 23.4 Å². The number of rotatable bonds is 4. The Hall–Kier alpha value is -3.15. The molecule has 0 saturated heterocycles. The summed E-state index contributed by atoms with van der Waals surface area (Å²) in [6, 6.07) is 13.1. The first-order valence-electron chi connectivity index (χ1n) is 7.89. The molecule has 2 aromatic rings. The average Bonchev–Trinajstić information content (AvgIpc) is 2.98. The molecule has 25 heavy (non-hydrogen) atoms. The van der Waals surface area contributed by atoms with Gasteiger partial charge in [0.15, 0.2) is 0 Å². The maximum absolute atomic E-state index is 12.5. The lowest BCUT2D eigenvalue weighted by atomic mass is 10.1. The van der Waals surface area contributed by atoms with Gasteiger partial charge < -0.3 is 15.0 Å². The SMILES string of the molecule is COC(=O)c1ccc(NC(=O)[C@@H](C)N2Cc3ccccc3C2=O)cc1. The minimum Gasteiger partial charge on any atom is -0.465 e. The number of amides is 2. The number of anilines is 1. The molecule has 0 unspecified atom stereocenters. The molecule has 0 aromatic heterocycles. The molecule has 1 N–H and O–H groups in total. The number of benzene rings is 2. The van der Waals surface area contributed by atoms with Crippen LogP contribution in [0.2, 0.25) is 0 Å². The van der Waals surface area contributed by atoms with Crippen molar-refractivity contribution < 1.29 is 19.1 Å². The van der Waals surface area contributed by atoms with Crippen molar-refractivity contribution in [3.8, 4) is 0 Å². The van der Waals surface area contributed by atoms with Crippen LogP contribution in [-0.2, 0) is 16.1 Å². The van der Waals surface area contributed by atoms with Crippen LogP contribution < -0.4 is 5.32 Å². The highest BCUT2D eigenvalue weighted by molar-refractivity contribution is 6.03. The highest BCUT2D eigenvalue weighted by Crippen LogP contribution is 2.24. The van der Waals surface area contributed by atoms with Gasteiger partial charge in [0.1, 0.15) is 6.04 Å². The van der Waals surface area contributed by atoms with Gasteiger partial charge in [-0.25, -0.2) is 4.79 Å². The second-order valence-corrected chi connectivity index (χ2v) is 5.82. The van der Waals surface area contributed by atoms with Gasteiger partial charge in [-0.2, -0.15) is 0 Å². The van der Waals surface area contributed by atoms with Crippen LogP contribution in [0, 0.1) is 0 Å². The minimum absolute atomic E-state index is 0.140. The Balaban J connectivity index is 1.68. The Morgan fingerprint density at radius 2 is 1.80 bits per heavy atom. The van der Waals surface area contributed by atoms with Gasteiger partial charge in [-0.15, -0.1) is 0 Å². The van der Waals surface area contributed by atoms with E-state index in [0.717, 1.165) is 5.56 Å². The number of nitrogens with one attached hydrogen (secondary N) is 1. The van der Waals surface area contributed by atoms with E-state index in [-0.39, 0.29) is 11.8 Å². The zero-order valence-corrected chi connectivity index (χ0v) is 14.0. The van der Waals surface area contributed by atoms with E-state index < -0.39 is 12.0 Å². The second kappa shape index (κ2) is 6.76. The predicted molar refractivity (Wildman–Crippen MR) is 92.2 cm³/mol. The Bertz CT molecular complexity index is 830. The van der Waals surface area contributed by atoms with Crippen molar-refractivity contribution in [2.45, 2.75) is 19.5 Å². The van der Waals surface area contributed by atoms with Crippen LogP contribution in [0.4, 0.5) is 5.69 Å². The van der Waals surface area contributed by atoms with Crippen molar-refractivity contribution in [3.63, 3.8) is 0 Å². The van der Waals surface area contributed by atoms with Crippen molar-refractivity contribution in [3.05, 3.63) is 65.2 Å². The number of hydrogen-bond donors (Lipinski definition) is 1. The Kier molecular flexibility index (Phi) is 4.52. The van der Waals surface area contributed by atoms with E-state index in [1.165, 1.54) is 7.11 Å². The molecule has 1 atom stereocenters. The van der Waals surface area contributed by atoms with Crippen molar-refractivity contribution in [1.82, 2.24) is 4.90 Å². The summed E-state index contributed by atoms with van der Waals surface area (Å²) in [5.74, 6) is -0.863. The lowest BCUT2D eigenvalue weighted by Gasteiger charge is -2.23. The minimum atomic E-state index is -0.611. The molecule has 1 aliphatic heterocycles. The van der Waals surface area contributed by atoms with Crippen LogP contribution in [0.3, 0.4) is 0 Å². The summed E-state index contributed by atoms with van der Waals surface area (Å²) in [6.45, 7) is 2.12. The molecule has 6 nitrogen and oxygen atoms in total. The molecule has 128 valence electrons. The lowest BCUT2D eigenvalue weighted by Crippen LogP contribution is -2.42. The summed E-state index contributed by atoms with van der Waals surface area (Å²) in [5, 5.41) is 2.77. The first-order valence-corrected chi connectivity index (χ1v) is 7.89. The van der Waals surface area contributed by atoms with Gasteiger partial charge in [-0.1, -0.05) is 18.2 Å². The van der Waals surface area contributed by atoms with Crippen LogP contribution in [0.25, 0.3) is 0 Å². The van der Waals surface area contributed by atoms with E-state index in [2.05, 4.69) is 10.1 Å². The Morgan fingerprint density at radius 3 is 2.44 bits per heavy atom. The van der Waals surface area contributed by atoms with Gasteiger partial charge in [0, 0.05) is 17.8 Å². The number of esters is 1. The zero-order valence-electron chi connectivity index (χ0n) is 14.0. The van der Waals surface area contributed by atoms with Crippen LogP contribution >= 0.6 is 0 Å². The molecule has 6 heteroatoms. The van der Waals surface area contributed by atoms with Crippen LogP contribution in [0.5, 0.6) is 0 Å². The van der Waals surface area contributed by atoms with Crippen molar-refractivity contribution >= 4 is 23.5 Å². The molecule has 2 aromatic carbocycles. The summed E-state index contributed by atoms with van der Waals surface area (Å²) >= 11 is 0. The smallest absolute Gasteiger partial charge is 0.337 e. The second-order valence-electron chi connectivity index (χ2n) is 5.82. The summed E-state index contributed by atoms with van der Waals surface area (Å²) in [6.07, 6.45) is 0. The zero-order chi connectivity index (χ0) is 18.0. The maximum atomic E-state index is 12.5. The van der Waals surface area contributed by atoms with Gasteiger partial charge in [0.2, 0.25) is 5.91 Å². The molecular formula is C19H18N2O4. The third kappa shape index (κ3) is 3.24. The average molecular weight is 338 g/mol. The number of hydrogen-bond acceptors (Lipinski definition) is 4. The highest BCUT2D eigenvalue weighted by Gasteiger charge is 2.33. The third-order valence-corrected chi connectivity index (χ3v) is 4.27. The fourth-order valence-corrected chi connectivity index (χ4v) is 2.79. The monoisotopic (exact) mass is 338 g/mol. The number of carbonyl (C=O) groups is 3. The maximum Gasteiger partial charge on any atom is 0.337 e. The molecule has 0 radical (unpaired) electrons. The van der Waals surface area contributed by atoms with Crippen molar-refractivity contribution in [2.75, 3.05) is 12.4 Å². The van der Waals surface area contributed by atoms with Gasteiger partial charge in [-0.05, 0) is 42.8 Å². The molecule has 0 fully saturated rings. The molecule has 1 heterocycles. The first-order chi connectivity index (χ1) is 12.0. The number of fused-ring (bicyclic) bond motifs is 1. The van der Waals surface area contributed by atoms with Crippen LogP contribution in [0.15, 0.2) is 48.5 Å². The van der Waals surface area contributed by atoms with Crippen LogP contribution in [0.1, 0.15) is 33.2 Å². The van der Waals surface area contributed by atoms with Gasteiger partial charge in [0.25, 0.3) is 5.91 Å². The van der Waals surface area contributed by atoms with E-state index in [9.17, 15) is 14.4 Å². The van der Waals surface area contributed by atoms with Crippen LogP contribution in [-0.4, -0.2) is 35.8 Å². The Labute approximate surface area is 145 Å². The highest BCUT2D eigenvalue weighted by atomic mass is 16.5. The molecule has 0 saturated carbocycles. The largest absolute Gasteiger partial charge is 0.465 e. The number of ether oxygens (including phenoxy) is 1. The van der Waals surface area contributed by atoms with E-state index in [1.807, 2.05) is 18.2 Å². The van der Waals surface area contributed by atoms with Crippen molar-refractivity contribution in [1.29, 1.82) is 0 Å². The predicted octanol–water partition coefficient (Wildman–Crippen LogP) is 2.46. The van der Waals surface area contributed by atoms with Gasteiger partial charge in [-0.3, -0.25) is 9.59 Å². The molecule has 3 rings (SSSR count). The molecular weight excluding hydrogens is 320 g/mol. The molecule has 2 amide bonds. The standard InChI is InChI=1S/C19H18N2O4/c1-12(21-11-14-5-3-4-6-16(14)18(21)23)17(22)20-15-9-7-13(8-10-15)19(24)25-2/h3-10,12H,11H2,1-2H3,(H,20,22)/t12-/m1/s1. The molecule has 0 aliphatic carbocycles. The normalized spacial score (nSPS) is 14.0. The quantitative estimate of drug-likeness (QED) is 0.869. The van der Waals surface area contributed by atoms with E-state index in [1.54, 1.807) is 42.2 Å². The topological polar surface area (TPSA) is 75.7 Å². The fraction of sp³-hybridized carbons (Fsp3) is 0.211. The first kappa shape index (κ1) is 16.7. The summed E-state index contributed by atoms with van der Waals surface area (Å²) in [5.41, 5.74) is 2.52. The van der Waals surface area contributed by atoms with E-state index >= 15 is 0 Å². The summed E-state index contributed by atoms with van der Waals surface area (Å²) < 4.78 is 4.64. The molecule has 0 bridgehead atoms. The Morgan fingerprint density at radius 1 is 1.12 bits per heavy atom. The fourth-order valence-electron chi connectivity index (χ4n) is 2.79. The van der Waals surface area contributed by atoms with E-state index in [4.69, 9.17) is 0 Å². The molecule has 1 aliphatic rings. The number of nitrogens with zero attached hydrogens (tertiary/aromatic N) is 1. The number of methoxy groups -OCH3 is 1. The molecule has 0 spiro atoms. The van der Waals surface area contributed by atoms with Gasteiger partial charge >= 0.3 is 5.97 Å². The number of carbonyl (C=O) groups excluding carboxylic acids is 3. The summed E-state index contributed by atoms with van der Waals surface area (Å²) in [7, 11) is 1.31. The summed E-state index contributed by atoms with van der Waals surface area (Å²) in [4.78, 5) is 37.9. The van der Waals surface area contributed by atoms with Crippen molar-refractivity contribution in [2.24, 2.45) is 0 Å². The van der Waals surface area contributed by atoms with Gasteiger partial charge in [0.05, 0.1) is 12.7 Å². The third-order valence-electron chi connectivity index (χ3n) is 4.27.